The number of hydrogen-bond acceptors (Lipinski definition) is 4. The number of nitrogens with zero attached hydrogens (tertiary/aromatic N) is 3. The molecule has 24 heavy (non-hydrogen) atoms. The molecule has 0 aromatic carbocycles. The fourth-order valence-electron chi connectivity index (χ4n) is 5.02. The molecule has 6 heteroatoms. The van der Waals surface area contributed by atoms with Crippen LogP contribution in [0.2, 0.25) is 0 Å². The molecule has 4 fully saturated rings. The highest BCUT2D eigenvalue weighted by atomic mass is 16.5. The number of amides is 2. The van der Waals surface area contributed by atoms with Crippen LogP contribution in [0.25, 0.3) is 0 Å². The monoisotopic (exact) mass is 335 g/mol. The van der Waals surface area contributed by atoms with Crippen molar-refractivity contribution in [1.29, 1.82) is 0 Å². The summed E-state index contributed by atoms with van der Waals surface area (Å²) in [6, 6.07) is 0. The van der Waals surface area contributed by atoms with Gasteiger partial charge in [0.05, 0.1) is 13.2 Å². The van der Waals surface area contributed by atoms with E-state index in [0.717, 1.165) is 58.7 Å². The van der Waals surface area contributed by atoms with Crippen molar-refractivity contribution in [2.45, 2.75) is 31.2 Å². The van der Waals surface area contributed by atoms with Gasteiger partial charge in [0.15, 0.2) is 0 Å². The van der Waals surface area contributed by atoms with E-state index in [1.54, 1.807) is 0 Å². The van der Waals surface area contributed by atoms with Crippen LogP contribution in [0.5, 0.6) is 0 Å². The van der Waals surface area contributed by atoms with Crippen LogP contribution in [0.1, 0.15) is 25.7 Å². The molecule has 4 rings (SSSR count). The summed E-state index contributed by atoms with van der Waals surface area (Å²) in [7, 11) is 4.09. The maximum atomic E-state index is 12.7. The van der Waals surface area contributed by atoms with Crippen LogP contribution < -0.4 is 0 Å². The van der Waals surface area contributed by atoms with Crippen molar-refractivity contribution >= 4 is 11.8 Å². The number of piperidine rings is 1. The van der Waals surface area contributed by atoms with Gasteiger partial charge >= 0.3 is 0 Å². The second-order valence-corrected chi connectivity index (χ2v) is 8.29. The van der Waals surface area contributed by atoms with Gasteiger partial charge in [-0.2, -0.15) is 0 Å². The molecule has 0 aromatic rings. The molecule has 3 saturated heterocycles. The van der Waals surface area contributed by atoms with Crippen molar-refractivity contribution in [3.05, 3.63) is 0 Å². The van der Waals surface area contributed by atoms with E-state index in [9.17, 15) is 9.59 Å². The zero-order chi connectivity index (χ0) is 16.9. The van der Waals surface area contributed by atoms with E-state index in [1.807, 2.05) is 14.1 Å². The van der Waals surface area contributed by atoms with Gasteiger partial charge in [-0.1, -0.05) is 0 Å². The Balaban J connectivity index is 1.36. The van der Waals surface area contributed by atoms with Crippen molar-refractivity contribution in [3.8, 4) is 0 Å². The molecule has 0 bridgehead atoms. The second kappa shape index (κ2) is 5.99. The number of ether oxygens (including phenoxy) is 1. The lowest BCUT2D eigenvalue weighted by molar-refractivity contribution is -0.138. The van der Waals surface area contributed by atoms with E-state index in [2.05, 4.69) is 14.7 Å². The van der Waals surface area contributed by atoms with Gasteiger partial charge in [0.25, 0.3) is 0 Å². The van der Waals surface area contributed by atoms with E-state index in [-0.39, 0.29) is 11.5 Å². The molecular formula is C18H29N3O3. The molecule has 0 N–H and O–H groups in total. The first-order valence-electron chi connectivity index (χ1n) is 9.34. The molecule has 3 heterocycles. The minimum Gasteiger partial charge on any atom is -0.381 e. The summed E-state index contributed by atoms with van der Waals surface area (Å²) in [6.45, 7) is 4.87. The Labute approximate surface area is 144 Å². The maximum Gasteiger partial charge on any atom is 0.226 e. The number of likely N-dealkylation sites (tertiary alicyclic amines) is 2. The largest absolute Gasteiger partial charge is 0.381 e. The lowest BCUT2D eigenvalue weighted by Crippen LogP contribution is -2.55. The van der Waals surface area contributed by atoms with Crippen molar-refractivity contribution in [1.82, 2.24) is 14.7 Å². The van der Waals surface area contributed by atoms with Gasteiger partial charge in [0.1, 0.15) is 0 Å². The smallest absolute Gasteiger partial charge is 0.226 e. The summed E-state index contributed by atoms with van der Waals surface area (Å²) in [4.78, 5) is 31.4. The van der Waals surface area contributed by atoms with Crippen LogP contribution >= 0.6 is 0 Å². The molecule has 0 aromatic heterocycles. The first-order chi connectivity index (χ1) is 11.5. The summed E-state index contributed by atoms with van der Waals surface area (Å²) >= 11 is 0. The first kappa shape index (κ1) is 16.3. The third kappa shape index (κ3) is 2.64. The molecule has 2 amide bonds. The first-order valence-corrected chi connectivity index (χ1v) is 9.34. The fourth-order valence-corrected chi connectivity index (χ4v) is 5.02. The quantitative estimate of drug-likeness (QED) is 0.747. The van der Waals surface area contributed by atoms with Gasteiger partial charge in [-0.05, 0) is 45.2 Å². The predicted octanol–water partition coefficient (Wildman–Crippen LogP) is 0.424. The number of fused-ring (bicyclic) bond motifs is 1. The van der Waals surface area contributed by atoms with Crippen LogP contribution in [0.15, 0.2) is 0 Å². The maximum absolute atomic E-state index is 12.7. The van der Waals surface area contributed by atoms with E-state index < -0.39 is 0 Å². The Morgan fingerprint density at radius 2 is 1.88 bits per heavy atom. The number of carbonyl (C=O) groups excluding carboxylic acids is 2. The lowest BCUT2D eigenvalue weighted by atomic mass is 9.84. The molecule has 3 atom stereocenters. The normalized spacial score (nSPS) is 34.3. The zero-order valence-corrected chi connectivity index (χ0v) is 14.9. The molecule has 3 aliphatic heterocycles. The lowest BCUT2D eigenvalue weighted by Gasteiger charge is -2.45. The van der Waals surface area contributed by atoms with E-state index in [4.69, 9.17) is 4.74 Å². The third-order valence-electron chi connectivity index (χ3n) is 6.69. The van der Waals surface area contributed by atoms with Crippen molar-refractivity contribution in [2.75, 3.05) is 53.5 Å². The molecule has 134 valence electrons. The van der Waals surface area contributed by atoms with Crippen LogP contribution in [0, 0.1) is 17.8 Å². The average Bonchev–Trinajstić information content (AvgIpc) is 2.88. The van der Waals surface area contributed by atoms with E-state index >= 15 is 0 Å². The van der Waals surface area contributed by atoms with Gasteiger partial charge in [-0.25, -0.2) is 0 Å². The number of likely N-dealkylation sites (N-methyl/N-ethyl adjacent to an activating group) is 1. The number of carbonyl (C=O) groups is 2. The van der Waals surface area contributed by atoms with E-state index in [1.165, 1.54) is 0 Å². The summed E-state index contributed by atoms with van der Waals surface area (Å²) in [5, 5.41) is 0. The van der Waals surface area contributed by atoms with Crippen LogP contribution in [0.4, 0.5) is 0 Å². The standard InChI is InChI=1S/C18H29N3O3/c1-19(2)9-10-21-15(22)3-4-18(21)5-7-20(8-6-18)17(23)16-13-11-24-12-14(13)16/h13-14,16H,3-12H2,1-2H3/t13-,14+,16?. The molecule has 1 unspecified atom stereocenters. The van der Waals surface area contributed by atoms with Gasteiger partial charge in [-0.15, -0.1) is 0 Å². The molecule has 1 spiro atoms. The Morgan fingerprint density at radius 3 is 2.50 bits per heavy atom. The topological polar surface area (TPSA) is 53.1 Å². The van der Waals surface area contributed by atoms with Gasteiger partial charge in [0.2, 0.25) is 11.8 Å². The average molecular weight is 335 g/mol. The predicted molar refractivity (Wildman–Crippen MR) is 89.3 cm³/mol. The highest BCUT2D eigenvalue weighted by molar-refractivity contribution is 5.83. The minimum atomic E-state index is 0.00636. The van der Waals surface area contributed by atoms with Gasteiger partial charge < -0.3 is 19.4 Å². The Hall–Kier alpha value is -1.14. The summed E-state index contributed by atoms with van der Waals surface area (Å²) < 4.78 is 5.40. The number of hydrogen-bond donors (Lipinski definition) is 0. The molecule has 0 radical (unpaired) electrons. The van der Waals surface area contributed by atoms with Gasteiger partial charge in [0, 0.05) is 44.1 Å². The van der Waals surface area contributed by atoms with Crippen LogP contribution in [-0.2, 0) is 14.3 Å². The van der Waals surface area contributed by atoms with Crippen molar-refractivity contribution < 1.29 is 14.3 Å². The zero-order valence-electron chi connectivity index (χ0n) is 14.9. The minimum absolute atomic E-state index is 0.00636. The molecule has 1 saturated carbocycles. The number of rotatable bonds is 4. The van der Waals surface area contributed by atoms with Crippen molar-refractivity contribution in [2.24, 2.45) is 17.8 Å². The highest BCUT2D eigenvalue weighted by Crippen LogP contribution is 2.52. The SMILES string of the molecule is CN(C)CCN1C(=O)CCC12CCN(C(=O)C1[C@H]3COC[C@@H]13)CC2. The third-order valence-corrected chi connectivity index (χ3v) is 6.69. The van der Waals surface area contributed by atoms with Crippen molar-refractivity contribution in [3.63, 3.8) is 0 Å². The molecule has 1 aliphatic carbocycles. The Bertz CT molecular complexity index is 518. The van der Waals surface area contributed by atoms with Gasteiger partial charge in [-0.3, -0.25) is 9.59 Å². The molecule has 6 nitrogen and oxygen atoms in total. The Morgan fingerprint density at radius 1 is 1.21 bits per heavy atom. The van der Waals surface area contributed by atoms with E-state index in [0.29, 0.717) is 30.1 Å². The Kier molecular flexibility index (Phi) is 4.07. The molecule has 4 aliphatic rings. The highest BCUT2D eigenvalue weighted by Gasteiger charge is 2.59. The second-order valence-electron chi connectivity index (χ2n) is 8.29. The summed E-state index contributed by atoms with van der Waals surface area (Å²) in [5.41, 5.74) is 0.00636. The van der Waals surface area contributed by atoms with Crippen LogP contribution in [0.3, 0.4) is 0 Å². The molecular weight excluding hydrogens is 306 g/mol. The van der Waals surface area contributed by atoms with Crippen LogP contribution in [-0.4, -0.2) is 85.5 Å². The summed E-state index contributed by atoms with van der Waals surface area (Å²) in [6.07, 6.45) is 3.52. The fraction of sp³-hybridized carbons (Fsp3) is 0.889. The summed E-state index contributed by atoms with van der Waals surface area (Å²) in [5.74, 6) is 1.83.